The maximum absolute atomic E-state index is 13.2. The number of carbonyl (C=O) groups excluding carboxylic acids is 1. The van der Waals surface area contributed by atoms with Crippen molar-refractivity contribution in [2.75, 3.05) is 35.8 Å². The number of aromatic nitrogens is 1. The van der Waals surface area contributed by atoms with Gasteiger partial charge in [-0.25, -0.2) is 13.2 Å². The van der Waals surface area contributed by atoms with E-state index in [1.807, 2.05) is 37.3 Å². The van der Waals surface area contributed by atoms with E-state index in [0.29, 0.717) is 17.8 Å². The monoisotopic (exact) mass is 593 g/mol. The van der Waals surface area contributed by atoms with Gasteiger partial charge >= 0.3 is 12.1 Å². The number of carbonyl (C=O) groups is 2. The number of hydrogen-bond acceptors (Lipinski definition) is 7. The molecule has 41 heavy (non-hydrogen) atoms. The molecule has 2 heterocycles. The van der Waals surface area contributed by atoms with E-state index >= 15 is 0 Å². The summed E-state index contributed by atoms with van der Waals surface area (Å²) in [6.45, 7) is 5.47. The van der Waals surface area contributed by atoms with Gasteiger partial charge in [0.05, 0.1) is 16.3 Å². The van der Waals surface area contributed by atoms with Gasteiger partial charge in [-0.1, -0.05) is 19.1 Å². The minimum atomic E-state index is -5.08. The van der Waals surface area contributed by atoms with Crippen LogP contribution in [0.4, 0.5) is 24.5 Å². The SMILES string of the molecule is CCc1ccc(S(=O)(=O)Nc2cc(C(=O)NCc3ccncc3)ccc2N2CCNCC2)cc1.O=C(O)C(F)(F)F. The van der Waals surface area contributed by atoms with Gasteiger partial charge in [-0.15, -0.1) is 0 Å². The third kappa shape index (κ3) is 9.18. The van der Waals surface area contributed by atoms with E-state index in [9.17, 15) is 26.4 Å². The molecule has 0 saturated carbocycles. The first-order valence-corrected chi connectivity index (χ1v) is 14.1. The first-order chi connectivity index (χ1) is 19.4. The first kappa shape index (κ1) is 31.4. The molecule has 0 unspecified atom stereocenters. The van der Waals surface area contributed by atoms with Gasteiger partial charge in [0, 0.05) is 50.7 Å². The van der Waals surface area contributed by atoms with Gasteiger partial charge in [-0.05, 0) is 60.0 Å². The number of amides is 1. The topological polar surface area (TPSA) is 141 Å². The Bertz CT molecular complexity index is 1430. The van der Waals surface area contributed by atoms with Gasteiger partial charge < -0.3 is 20.6 Å². The van der Waals surface area contributed by atoms with E-state index in [0.717, 1.165) is 49.4 Å². The number of benzene rings is 2. The summed E-state index contributed by atoms with van der Waals surface area (Å²) in [6.07, 6.45) is -0.912. The van der Waals surface area contributed by atoms with Crippen molar-refractivity contribution in [3.63, 3.8) is 0 Å². The van der Waals surface area contributed by atoms with Crippen molar-refractivity contribution < 1.29 is 36.3 Å². The normalized spacial score (nSPS) is 13.5. The number of carboxylic acids is 1. The fourth-order valence-corrected chi connectivity index (χ4v) is 4.90. The number of nitrogens with zero attached hydrogens (tertiary/aromatic N) is 2. The summed E-state index contributed by atoms with van der Waals surface area (Å²) >= 11 is 0. The Morgan fingerprint density at radius 3 is 2.17 bits per heavy atom. The number of piperazine rings is 1. The highest BCUT2D eigenvalue weighted by Gasteiger charge is 2.38. The number of alkyl halides is 3. The molecule has 1 saturated heterocycles. The van der Waals surface area contributed by atoms with Gasteiger partial charge in [-0.2, -0.15) is 13.2 Å². The van der Waals surface area contributed by atoms with Crippen molar-refractivity contribution in [3.05, 3.63) is 83.7 Å². The van der Waals surface area contributed by atoms with Crippen molar-refractivity contribution in [1.29, 1.82) is 0 Å². The lowest BCUT2D eigenvalue weighted by Crippen LogP contribution is -2.43. The van der Waals surface area contributed by atoms with Crippen molar-refractivity contribution >= 4 is 33.3 Å². The van der Waals surface area contributed by atoms with Crippen LogP contribution in [0.3, 0.4) is 0 Å². The van der Waals surface area contributed by atoms with E-state index in [2.05, 4.69) is 25.2 Å². The molecule has 1 aliphatic rings. The molecule has 1 aromatic heterocycles. The fraction of sp³-hybridized carbons (Fsp3) is 0.296. The Balaban J connectivity index is 0.000000587. The Morgan fingerprint density at radius 1 is 1.00 bits per heavy atom. The summed E-state index contributed by atoms with van der Waals surface area (Å²) in [6, 6.07) is 15.7. The predicted octanol–water partition coefficient (Wildman–Crippen LogP) is 3.42. The van der Waals surface area contributed by atoms with Crippen LogP contribution in [-0.4, -0.2) is 62.7 Å². The van der Waals surface area contributed by atoms with E-state index < -0.39 is 22.2 Å². The number of nitrogens with one attached hydrogen (secondary N) is 3. The molecule has 2 aromatic carbocycles. The van der Waals surface area contributed by atoms with E-state index in [4.69, 9.17) is 9.90 Å². The molecule has 4 N–H and O–H groups in total. The van der Waals surface area contributed by atoms with Crippen LogP contribution >= 0.6 is 0 Å². The summed E-state index contributed by atoms with van der Waals surface area (Å²) in [5, 5.41) is 13.3. The number of rotatable bonds is 8. The number of anilines is 2. The smallest absolute Gasteiger partial charge is 0.475 e. The summed E-state index contributed by atoms with van der Waals surface area (Å²) in [5.41, 5.74) is 3.51. The molecule has 1 amide bonds. The van der Waals surface area contributed by atoms with Crippen molar-refractivity contribution in [2.24, 2.45) is 0 Å². The number of sulfonamides is 1. The molecule has 0 radical (unpaired) electrons. The molecule has 4 rings (SSSR count). The summed E-state index contributed by atoms with van der Waals surface area (Å²) < 4.78 is 60.8. The third-order valence-corrected chi connectivity index (χ3v) is 7.43. The maximum Gasteiger partial charge on any atom is 0.490 e. The standard InChI is InChI=1S/C25H29N5O3S.C2HF3O2/c1-2-19-3-6-22(7-4-19)34(32,33)29-23-17-21(5-8-24(23)30-15-13-27-14-16-30)25(31)28-18-20-9-11-26-12-10-20;3-2(4,5)1(6)7/h3-12,17,27,29H,2,13-16,18H2,1H3,(H,28,31);(H,6,7). The predicted molar refractivity (Wildman–Crippen MR) is 147 cm³/mol. The van der Waals surface area contributed by atoms with Crippen LogP contribution in [0.15, 0.2) is 71.9 Å². The maximum atomic E-state index is 13.2. The molecular formula is C27H30F3N5O5S. The highest BCUT2D eigenvalue weighted by molar-refractivity contribution is 7.92. The van der Waals surface area contributed by atoms with Crippen molar-refractivity contribution in [3.8, 4) is 0 Å². The summed E-state index contributed by atoms with van der Waals surface area (Å²) in [4.78, 5) is 28.0. The minimum absolute atomic E-state index is 0.184. The highest BCUT2D eigenvalue weighted by Crippen LogP contribution is 2.30. The zero-order valence-corrected chi connectivity index (χ0v) is 22.9. The van der Waals surface area contributed by atoms with Gasteiger partial charge in [0.1, 0.15) is 0 Å². The molecule has 1 fully saturated rings. The highest BCUT2D eigenvalue weighted by atomic mass is 32.2. The number of aryl methyl sites for hydroxylation is 1. The number of pyridine rings is 1. The zero-order valence-electron chi connectivity index (χ0n) is 22.1. The van der Waals surface area contributed by atoms with E-state index in [1.165, 1.54) is 0 Å². The largest absolute Gasteiger partial charge is 0.490 e. The van der Waals surface area contributed by atoms with Gasteiger partial charge in [-0.3, -0.25) is 14.5 Å². The van der Waals surface area contributed by atoms with Gasteiger partial charge in [0.15, 0.2) is 0 Å². The quantitative estimate of drug-likeness (QED) is 0.312. The average molecular weight is 594 g/mol. The Kier molecular flexibility index (Phi) is 10.7. The Hall–Kier alpha value is -4.17. The molecule has 220 valence electrons. The van der Waals surface area contributed by atoms with Crippen molar-refractivity contribution in [2.45, 2.75) is 31.0 Å². The van der Waals surface area contributed by atoms with Gasteiger partial charge in [0.25, 0.3) is 15.9 Å². The van der Waals surface area contributed by atoms with Crippen LogP contribution in [0.5, 0.6) is 0 Å². The fourth-order valence-electron chi connectivity index (χ4n) is 3.83. The van der Waals surface area contributed by atoms with Crippen molar-refractivity contribution in [1.82, 2.24) is 15.6 Å². The van der Waals surface area contributed by atoms with Crippen LogP contribution in [-0.2, 0) is 27.8 Å². The Morgan fingerprint density at radius 2 is 1.61 bits per heavy atom. The Labute approximate surface area is 235 Å². The van der Waals surface area contributed by atoms with Crippen LogP contribution in [0.2, 0.25) is 0 Å². The summed E-state index contributed by atoms with van der Waals surface area (Å²) in [7, 11) is -3.83. The molecule has 0 atom stereocenters. The third-order valence-electron chi connectivity index (χ3n) is 6.05. The zero-order chi connectivity index (χ0) is 30.0. The summed E-state index contributed by atoms with van der Waals surface area (Å²) in [5.74, 6) is -3.04. The number of hydrogen-bond donors (Lipinski definition) is 4. The second-order valence-corrected chi connectivity index (χ2v) is 10.6. The van der Waals surface area contributed by atoms with Crippen LogP contribution < -0.4 is 20.3 Å². The minimum Gasteiger partial charge on any atom is -0.475 e. The molecular weight excluding hydrogens is 563 g/mol. The molecule has 14 heteroatoms. The van der Waals surface area contributed by atoms with Crippen LogP contribution in [0.1, 0.15) is 28.4 Å². The lowest BCUT2D eigenvalue weighted by molar-refractivity contribution is -0.192. The van der Waals surface area contributed by atoms with Crippen LogP contribution in [0.25, 0.3) is 0 Å². The van der Waals surface area contributed by atoms with Gasteiger partial charge in [0.2, 0.25) is 0 Å². The molecule has 10 nitrogen and oxygen atoms in total. The lowest BCUT2D eigenvalue weighted by Gasteiger charge is -2.31. The molecule has 1 aliphatic heterocycles. The second-order valence-electron chi connectivity index (χ2n) is 8.91. The molecule has 3 aromatic rings. The number of halogens is 3. The average Bonchev–Trinajstić information content (AvgIpc) is 2.96. The molecule has 0 bridgehead atoms. The second kappa shape index (κ2) is 13.9. The number of carboxylic acid groups (broad SMARTS) is 1. The lowest BCUT2D eigenvalue weighted by atomic mass is 10.1. The molecule has 0 aliphatic carbocycles. The first-order valence-electron chi connectivity index (χ1n) is 12.6. The van der Waals surface area contributed by atoms with E-state index in [-0.39, 0.29) is 10.8 Å². The number of aliphatic carboxylic acids is 1. The molecule has 0 spiro atoms. The van der Waals surface area contributed by atoms with Crippen LogP contribution in [0, 0.1) is 0 Å². The van der Waals surface area contributed by atoms with E-state index in [1.54, 1.807) is 36.7 Å².